The van der Waals surface area contributed by atoms with Crippen LogP contribution in [0.2, 0.25) is 0 Å². The van der Waals surface area contributed by atoms with E-state index in [1.165, 1.54) is 0 Å². The lowest BCUT2D eigenvalue weighted by Crippen LogP contribution is -2.46. The smallest absolute Gasteiger partial charge is 0.310 e. The lowest BCUT2D eigenvalue weighted by atomic mass is 9.78. The molecule has 0 spiro atoms. The van der Waals surface area contributed by atoms with Crippen molar-refractivity contribution >= 4 is 11.9 Å². The van der Waals surface area contributed by atoms with Crippen LogP contribution in [0.5, 0.6) is 0 Å². The van der Waals surface area contributed by atoms with Gasteiger partial charge in [-0.3, -0.25) is 9.59 Å². The molecule has 2 saturated heterocycles. The van der Waals surface area contributed by atoms with Gasteiger partial charge in [0.25, 0.3) is 0 Å². The van der Waals surface area contributed by atoms with E-state index in [2.05, 4.69) is 13.8 Å². The molecule has 0 saturated carbocycles. The zero-order valence-corrected chi connectivity index (χ0v) is 14.5. The Bertz CT molecular complexity index is 402. The summed E-state index contributed by atoms with van der Waals surface area (Å²) < 4.78 is 5.75. The average molecular weight is 325 g/mol. The summed E-state index contributed by atoms with van der Waals surface area (Å²) in [6.45, 7) is 5.79. The number of carbonyl (C=O) groups excluding carboxylic acids is 1. The minimum Gasteiger partial charge on any atom is -0.481 e. The fourth-order valence-corrected chi connectivity index (χ4v) is 3.95. The number of carbonyl (C=O) groups is 2. The van der Waals surface area contributed by atoms with Gasteiger partial charge in [-0.15, -0.1) is 0 Å². The zero-order valence-electron chi connectivity index (χ0n) is 14.5. The van der Waals surface area contributed by atoms with E-state index in [1.807, 2.05) is 4.90 Å². The number of carboxylic acids is 1. The summed E-state index contributed by atoms with van der Waals surface area (Å²) in [6.07, 6.45) is 7.58. The van der Waals surface area contributed by atoms with E-state index in [4.69, 9.17) is 4.74 Å². The van der Waals surface area contributed by atoms with Crippen molar-refractivity contribution in [2.24, 2.45) is 11.8 Å². The van der Waals surface area contributed by atoms with E-state index in [0.717, 1.165) is 64.5 Å². The van der Waals surface area contributed by atoms with Crippen LogP contribution in [0.1, 0.15) is 65.2 Å². The van der Waals surface area contributed by atoms with Crippen LogP contribution >= 0.6 is 0 Å². The molecule has 2 bridgehead atoms. The molecule has 1 amide bonds. The number of ether oxygens (including phenoxy) is 1. The van der Waals surface area contributed by atoms with Crippen LogP contribution in [-0.4, -0.2) is 47.2 Å². The Hall–Kier alpha value is -1.10. The second-order valence-electron chi connectivity index (χ2n) is 6.92. The van der Waals surface area contributed by atoms with E-state index >= 15 is 0 Å². The van der Waals surface area contributed by atoms with Gasteiger partial charge in [0.05, 0.1) is 24.0 Å². The van der Waals surface area contributed by atoms with Crippen molar-refractivity contribution in [2.45, 2.75) is 77.4 Å². The summed E-state index contributed by atoms with van der Waals surface area (Å²) in [7, 11) is 0. The third-order valence-electron chi connectivity index (χ3n) is 5.22. The topological polar surface area (TPSA) is 66.8 Å². The van der Waals surface area contributed by atoms with Crippen molar-refractivity contribution < 1.29 is 19.4 Å². The van der Waals surface area contributed by atoms with Gasteiger partial charge in [-0.2, -0.15) is 0 Å². The minimum absolute atomic E-state index is 0.0109. The number of aliphatic carboxylic acids is 1. The Morgan fingerprint density at radius 2 is 1.48 bits per heavy atom. The molecular formula is C18H31NO4. The lowest BCUT2D eigenvalue weighted by Gasteiger charge is -2.31. The number of unbranched alkanes of at least 4 members (excludes halogenated alkanes) is 4. The van der Waals surface area contributed by atoms with Crippen molar-refractivity contribution in [1.82, 2.24) is 4.90 Å². The Morgan fingerprint density at radius 3 is 1.96 bits per heavy atom. The van der Waals surface area contributed by atoms with Gasteiger partial charge in [-0.1, -0.05) is 39.5 Å². The molecule has 23 heavy (non-hydrogen) atoms. The Morgan fingerprint density at radius 1 is 0.957 bits per heavy atom. The molecule has 132 valence electrons. The summed E-state index contributed by atoms with van der Waals surface area (Å²) in [5.74, 6) is -2.00. The second-order valence-corrected chi connectivity index (χ2v) is 6.92. The lowest BCUT2D eigenvalue weighted by molar-refractivity contribution is -0.151. The van der Waals surface area contributed by atoms with E-state index in [-0.39, 0.29) is 18.1 Å². The Kier molecular flexibility index (Phi) is 6.88. The number of nitrogens with zero attached hydrogens (tertiary/aromatic N) is 1. The molecule has 0 aliphatic carbocycles. The monoisotopic (exact) mass is 325 g/mol. The highest BCUT2D eigenvalue weighted by molar-refractivity contribution is 5.86. The van der Waals surface area contributed by atoms with Crippen LogP contribution in [-0.2, 0) is 14.3 Å². The van der Waals surface area contributed by atoms with Crippen molar-refractivity contribution in [3.05, 3.63) is 0 Å². The molecule has 4 atom stereocenters. The van der Waals surface area contributed by atoms with Crippen molar-refractivity contribution in [3.63, 3.8) is 0 Å². The number of fused-ring (bicyclic) bond motifs is 2. The van der Waals surface area contributed by atoms with Gasteiger partial charge < -0.3 is 14.7 Å². The molecule has 0 aromatic carbocycles. The standard InChI is InChI=1S/C18H31NO4/c1-3-5-7-11-19(12-8-6-4-2)17(20)15-13-9-10-14(23-13)16(15)18(21)22/h13-16H,3-12H2,1-2H3,(H,21,22)/t13-,14+,15+,16-/m0/s1. The highest BCUT2D eigenvalue weighted by Crippen LogP contribution is 2.44. The minimum atomic E-state index is -0.877. The quantitative estimate of drug-likeness (QED) is 0.627. The third-order valence-corrected chi connectivity index (χ3v) is 5.22. The highest BCUT2D eigenvalue weighted by atomic mass is 16.5. The first kappa shape index (κ1) is 18.2. The van der Waals surface area contributed by atoms with Crippen molar-refractivity contribution in [2.75, 3.05) is 13.1 Å². The first-order chi connectivity index (χ1) is 11.1. The average Bonchev–Trinajstić information content (AvgIpc) is 3.14. The van der Waals surface area contributed by atoms with Crippen LogP contribution < -0.4 is 0 Å². The van der Waals surface area contributed by atoms with Crippen molar-refractivity contribution in [1.29, 1.82) is 0 Å². The normalized spacial score (nSPS) is 29.0. The second kappa shape index (κ2) is 8.67. The molecule has 0 unspecified atom stereocenters. The SMILES string of the molecule is CCCCCN(CCCCC)C(=O)[C@H]1[C@@H](C(=O)O)[C@H]2CC[C@@H]1O2. The molecule has 2 heterocycles. The maximum absolute atomic E-state index is 13.0. The number of rotatable bonds is 10. The Balaban J connectivity index is 2.03. The maximum Gasteiger partial charge on any atom is 0.310 e. The largest absolute Gasteiger partial charge is 0.481 e. The van der Waals surface area contributed by atoms with Crippen LogP contribution in [0.25, 0.3) is 0 Å². The highest BCUT2D eigenvalue weighted by Gasteiger charge is 2.56. The number of hydrogen-bond donors (Lipinski definition) is 1. The van der Waals surface area contributed by atoms with Crippen molar-refractivity contribution in [3.8, 4) is 0 Å². The molecule has 2 aliphatic rings. The van der Waals surface area contributed by atoms with E-state index in [9.17, 15) is 14.7 Å². The summed E-state index contributed by atoms with van der Waals surface area (Å²) in [4.78, 5) is 26.5. The third kappa shape index (κ3) is 4.25. The van der Waals surface area contributed by atoms with Gasteiger partial charge in [0.2, 0.25) is 5.91 Å². The van der Waals surface area contributed by atoms with E-state index < -0.39 is 17.8 Å². The van der Waals surface area contributed by atoms with E-state index in [0.29, 0.717) is 0 Å². The van der Waals surface area contributed by atoms with Crippen LogP contribution in [0.15, 0.2) is 0 Å². The molecule has 2 aliphatic heterocycles. The van der Waals surface area contributed by atoms with Gasteiger partial charge in [-0.05, 0) is 25.7 Å². The van der Waals surface area contributed by atoms with Gasteiger partial charge >= 0.3 is 5.97 Å². The number of hydrogen-bond acceptors (Lipinski definition) is 3. The maximum atomic E-state index is 13.0. The summed E-state index contributed by atoms with van der Waals surface area (Å²) in [6, 6.07) is 0. The van der Waals surface area contributed by atoms with Crippen LogP contribution in [0, 0.1) is 11.8 Å². The van der Waals surface area contributed by atoms with Crippen LogP contribution in [0.3, 0.4) is 0 Å². The predicted octanol–water partition coefficient (Wildman–Crippen LogP) is 3.07. The first-order valence-corrected chi connectivity index (χ1v) is 9.27. The van der Waals surface area contributed by atoms with Crippen LogP contribution in [0.4, 0.5) is 0 Å². The number of amides is 1. The molecule has 0 aromatic heterocycles. The summed E-state index contributed by atoms with van der Waals surface area (Å²) in [5, 5.41) is 9.51. The molecule has 0 radical (unpaired) electrons. The van der Waals surface area contributed by atoms with Gasteiger partial charge in [-0.25, -0.2) is 0 Å². The summed E-state index contributed by atoms with van der Waals surface area (Å²) in [5.41, 5.74) is 0. The zero-order chi connectivity index (χ0) is 16.8. The predicted molar refractivity (Wildman–Crippen MR) is 88.1 cm³/mol. The Labute approximate surface area is 139 Å². The molecular weight excluding hydrogens is 294 g/mol. The molecule has 2 rings (SSSR count). The fraction of sp³-hybridized carbons (Fsp3) is 0.889. The van der Waals surface area contributed by atoms with Gasteiger partial charge in [0.15, 0.2) is 0 Å². The molecule has 5 nitrogen and oxygen atoms in total. The fourth-order valence-electron chi connectivity index (χ4n) is 3.95. The van der Waals surface area contributed by atoms with E-state index in [1.54, 1.807) is 0 Å². The van der Waals surface area contributed by atoms with Gasteiger partial charge in [0.1, 0.15) is 0 Å². The van der Waals surface area contributed by atoms with Gasteiger partial charge in [0, 0.05) is 13.1 Å². The molecule has 2 fully saturated rings. The molecule has 1 N–H and O–H groups in total. The first-order valence-electron chi connectivity index (χ1n) is 9.27. The summed E-state index contributed by atoms with van der Waals surface area (Å²) >= 11 is 0. The number of carboxylic acid groups (broad SMARTS) is 1. The molecule has 5 heteroatoms. The molecule has 0 aromatic rings.